The van der Waals surface area contributed by atoms with Gasteiger partial charge >= 0.3 is 13.8 Å². The molecule has 0 rings (SSSR count). The molecule has 0 saturated carbocycles. The third-order valence-corrected chi connectivity index (χ3v) is 13.0. The van der Waals surface area contributed by atoms with Gasteiger partial charge in [0.2, 0.25) is 5.91 Å². The maximum absolute atomic E-state index is 12.2. The predicted octanol–water partition coefficient (Wildman–Crippen LogP) is 16.6. The van der Waals surface area contributed by atoms with E-state index < -0.39 is 26.5 Å². The molecule has 0 aliphatic rings. The highest BCUT2D eigenvalue weighted by molar-refractivity contribution is 7.47. The number of nitrogens with one attached hydrogen (secondary N) is 1. The monoisotopic (exact) mass is 950 g/mol. The van der Waals surface area contributed by atoms with Crippen LogP contribution in [0.1, 0.15) is 264 Å². The molecule has 0 heterocycles. The normalized spacial score (nSPS) is 13.5. The average Bonchev–Trinajstić information content (AvgIpc) is 3.31. The first kappa shape index (κ1) is 64.0. The highest BCUT2D eigenvalue weighted by atomic mass is 31.2. The Labute approximate surface area is 406 Å². The number of unbranched alkanes of at least 4 members (excludes halogenated alkanes) is 31. The lowest BCUT2D eigenvalue weighted by atomic mass is 10.0. The lowest BCUT2D eigenvalue weighted by Gasteiger charge is -2.15. The van der Waals surface area contributed by atoms with Crippen molar-refractivity contribution in [3.8, 4) is 0 Å². The zero-order valence-electron chi connectivity index (χ0n) is 42.9. The van der Waals surface area contributed by atoms with Crippen LogP contribution in [-0.2, 0) is 27.9 Å². The molecule has 0 saturated heterocycles. The second-order valence-electron chi connectivity index (χ2n) is 18.6. The van der Waals surface area contributed by atoms with Gasteiger partial charge in [-0.1, -0.05) is 242 Å². The SMILES string of the molecule is CCCCC/C=C\C/C=C\C/C=C\C/C=C\CCCCCCCC(=O)NCCOP(=O)(O)OCC(O)COC(=O)CCCCCCCCCCCCCCCCCCCCCCCCCC. The molecular weight excluding hydrogens is 846 g/mol. The molecule has 0 aromatic carbocycles. The Kier molecular flexibility index (Phi) is 50.7. The van der Waals surface area contributed by atoms with Gasteiger partial charge in [0.1, 0.15) is 12.7 Å². The maximum atomic E-state index is 12.2. The van der Waals surface area contributed by atoms with Gasteiger partial charge in [-0.15, -0.1) is 0 Å². The molecule has 0 aliphatic heterocycles. The Morgan fingerprint density at radius 3 is 1.26 bits per heavy atom. The van der Waals surface area contributed by atoms with Crippen LogP contribution in [-0.4, -0.2) is 54.3 Å². The number of aliphatic hydroxyl groups is 1. The number of hydrogen-bond acceptors (Lipinski definition) is 7. The molecule has 0 aromatic heterocycles. The van der Waals surface area contributed by atoms with Crippen LogP contribution >= 0.6 is 7.82 Å². The molecule has 10 heteroatoms. The number of allylic oxidation sites excluding steroid dienone is 8. The number of phosphoric ester groups is 1. The van der Waals surface area contributed by atoms with E-state index in [0.29, 0.717) is 6.42 Å². The summed E-state index contributed by atoms with van der Waals surface area (Å²) in [5.41, 5.74) is 0. The molecule has 386 valence electrons. The summed E-state index contributed by atoms with van der Waals surface area (Å²) in [6.45, 7) is 3.55. The van der Waals surface area contributed by atoms with Gasteiger partial charge in [-0.25, -0.2) is 4.57 Å². The van der Waals surface area contributed by atoms with Crippen LogP contribution in [0, 0.1) is 0 Å². The van der Waals surface area contributed by atoms with Crippen molar-refractivity contribution in [2.75, 3.05) is 26.4 Å². The summed E-state index contributed by atoms with van der Waals surface area (Å²) < 4.78 is 27.0. The summed E-state index contributed by atoms with van der Waals surface area (Å²) in [7, 11) is -4.43. The maximum Gasteiger partial charge on any atom is 0.472 e. The molecule has 2 unspecified atom stereocenters. The van der Waals surface area contributed by atoms with Crippen molar-refractivity contribution in [2.24, 2.45) is 0 Å². The smallest absolute Gasteiger partial charge is 0.463 e. The van der Waals surface area contributed by atoms with Gasteiger partial charge in [-0.2, -0.15) is 0 Å². The quantitative estimate of drug-likeness (QED) is 0.0238. The van der Waals surface area contributed by atoms with Crippen molar-refractivity contribution in [1.82, 2.24) is 5.32 Å². The molecule has 0 aliphatic carbocycles. The standard InChI is InChI=1S/C56H104NO8P/c1-3-5-7-9-11-13-15-17-19-21-23-25-26-27-29-31-33-35-37-39-41-43-45-47-49-56(60)63-52-54(58)53-65-66(61,62)64-51-50-57-55(59)48-46-44-42-40-38-36-34-32-30-28-24-22-20-18-16-14-12-10-8-6-4-2/h12,14,18,20,24,28,32,34,54,58H,3-11,13,15-17,19,21-23,25-27,29-31,33,35-53H2,1-2H3,(H,57,59)(H,61,62)/b14-12-,20-18-,28-24-,34-32-. The van der Waals surface area contributed by atoms with Crippen LogP contribution in [0.4, 0.5) is 0 Å². The minimum Gasteiger partial charge on any atom is -0.463 e. The number of esters is 1. The highest BCUT2D eigenvalue weighted by Gasteiger charge is 2.23. The summed E-state index contributed by atoms with van der Waals surface area (Å²) in [4.78, 5) is 34.1. The van der Waals surface area contributed by atoms with Gasteiger partial charge in [-0.3, -0.25) is 18.6 Å². The number of amides is 1. The molecule has 3 N–H and O–H groups in total. The topological polar surface area (TPSA) is 131 Å². The van der Waals surface area contributed by atoms with Gasteiger partial charge in [0.25, 0.3) is 0 Å². The van der Waals surface area contributed by atoms with Gasteiger partial charge in [0, 0.05) is 19.4 Å². The van der Waals surface area contributed by atoms with Crippen molar-refractivity contribution in [3.05, 3.63) is 48.6 Å². The molecule has 2 atom stereocenters. The van der Waals surface area contributed by atoms with Gasteiger partial charge in [0.05, 0.1) is 13.2 Å². The Balaban J connectivity index is 3.55. The predicted molar refractivity (Wildman–Crippen MR) is 280 cm³/mol. The van der Waals surface area contributed by atoms with Crippen LogP contribution in [0.5, 0.6) is 0 Å². The van der Waals surface area contributed by atoms with E-state index in [4.69, 9.17) is 13.8 Å². The molecule has 0 bridgehead atoms. The van der Waals surface area contributed by atoms with Gasteiger partial charge < -0.3 is 20.1 Å². The molecule has 66 heavy (non-hydrogen) atoms. The number of phosphoric acid groups is 1. The second kappa shape index (κ2) is 52.3. The molecular formula is C56H104NO8P. The van der Waals surface area contributed by atoms with Crippen LogP contribution in [0.3, 0.4) is 0 Å². The molecule has 0 fully saturated rings. The zero-order chi connectivity index (χ0) is 48.1. The fraction of sp³-hybridized carbons (Fsp3) is 0.821. The third kappa shape index (κ3) is 52.9. The molecule has 0 spiro atoms. The largest absolute Gasteiger partial charge is 0.472 e. The van der Waals surface area contributed by atoms with Crippen molar-refractivity contribution in [3.63, 3.8) is 0 Å². The van der Waals surface area contributed by atoms with Crippen LogP contribution < -0.4 is 5.32 Å². The number of hydrogen-bond donors (Lipinski definition) is 3. The fourth-order valence-electron chi connectivity index (χ4n) is 7.84. The van der Waals surface area contributed by atoms with Crippen LogP contribution in [0.15, 0.2) is 48.6 Å². The number of carbonyl (C=O) groups excluding carboxylic acids is 2. The van der Waals surface area contributed by atoms with E-state index in [9.17, 15) is 24.2 Å². The van der Waals surface area contributed by atoms with E-state index in [1.165, 1.54) is 161 Å². The van der Waals surface area contributed by atoms with E-state index in [1.54, 1.807) is 0 Å². The van der Waals surface area contributed by atoms with E-state index >= 15 is 0 Å². The fourth-order valence-corrected chi connectivity index (χ4v) is 8.59. The Morgan fingerprint density at radius 2 is 0.818 bits per heavy atom. The second-order valence-corrected chi connectivity index (χ2v) is 20.0. The summed E-state index contributed by atoms with van der Waals surface area (Å²) in [5.74, 6) is -0.526. The first-order valence-corrected chi connectivity index (χ1v) is 29.1. The summed E-state index contributed by atoms with van der Waals surface area (Å²) >= 11 is 0. The minimum atomic E-state index is -4.43. The van der Waals surface area contributed by atoms with E-state index in [2.05, 4.69) is 67.8 Å². The lowest BCUT2D eigenvalue weighted by molar-refractivity contribution is -0.147. The van der Waals surface area contributed by atoms with Crippen molar-refractivity contribution in [1.29, 1.82) is 0 Å². The first-order valence-electron chi connectivity index (χ1n) is 27.6. The Morgan fingerprint density at radius 1 is 0.470 bits per heavy atom. The molecule has 0 aromatic rings. The zero-order valence-corrected chi connectivity index (χ0v) is 43.8. The average molecular weight is 950 g/mol. The third-order valence-electron chi connectivity index (χ3n) is 12.0. The number of aliphatic hydroxyl groups excluding tert-OH is 1. The van der Waals surface area contributed by atoms with E-state index in [1.807, 2.05) is 0 Å². The molecule has 1 amide bonds. The first-order chi connectivity index (χ1) is 32.3. The minimum absolute atomic E-state index is 0.0710. The van der Waals surface area contributed by atoms with Crippen molar-refractivity contribution < 1.29 is 37.9 Å². The molecule has 0 radical (unpaired) electrons. The number of rotatable bonds is 52. The number of ether oxygens (including phenoxy) is 1. The van der Waals surface area contributed by atoms with E-state index in [-0.39, 0.29) is 32.1 Å². The van der Waals surface area contributed by atoms with Crippen molar-refractivity contribution in [2.45, 2.75) is 270 Å². The van der Waals surface area contributed by atoms with Crippen LogP contribution in [0.2, 0.25) is 0 Å². The highest BCUT2D eigenvalue weighted by Crippen LogP contribution is 2.42. The lowest BCUT2D eigenvalue weighted by Crippen LogP contribution is -2.27. The van der Waals surface area contributed by atoms with E-state index in [0.717, 1.165) is 77.0 Å². The Bertz CT molecular complexity index is 1220. The summed E-state index contributed by atoms with van der Waals surface area (Å²) in [6, 6.07) is 0. The van der Waals surface area contributed by atoms with Gasteiger partial charge in [0.15, 0.2) is 0 Å². The number of carbonyl (C=O) groups is 2. The summed E-state index contributed by atoms with van der Waals surface area (Å²) in [5, 5.41) is 12.8. The Hall–Kier alpha value is -2.03. The van der Waals surface area contributed by atoms with Crippen molar-refractivity contribution >= 4 is 19.7 Å². The molecule has 9 nitrogen and oxygen atoms in total. The van der Waals surface area contributed by atoms with Gasteiger partial charge in [-0.05, 0) is 57.8 Å². The summed E-state index contributed by atoms with van der Waals surface area (Å²) in [6.07, 6.45) is 63.5. The van der Waals surface area contributed by atoms with Crippen LogP contribution in [0.25, 0.3) is 0 Å².